The van der Waals surface area contributed by atoms with Crippen LogP contribution in [-0.4, -0.2) is 25.3 Å². The molecule has 0 spiro atoms. The second-order valence-electron chi connectivity index (χ2n) is 5.59. The van der Waals surface area contributed by atoms with Crippen molar-refractivity contribution >= 4 is 0 Å². The third kappa shape index (κ3) is 5.10. The number of benzene rings is 1. The van der Waals surface area contributed by atoms with E-state index in [0.717, 1.165) is 31.2 Å². The molecular formula is C16H24F2N2O2. The van der Waals surface area contributed by atoms with Crippen LogP contribution in [0.2, 0.25) is 0 Å². The van der Waals surface area contributed by atoms with Gasteiger partial charge in [-0.1, -0.05) is 6.07 Å². The van der Waals surface area contributed by atoms with Crippen molar-refractivity contribution < 1.29 is 18.3 Å². The lowest BCUT2D eigenvalue weighted by Gasteiger charge is -2.27. The van der Waals surface area contributed by atoms with Gasteiger partial charge in [0, 0.05) is 18.6 Å². The lowest BCUT2D eigenvalue weighted by atomic mass is 9.92. The van der Waals surface area contributed by atoms with Crippen molar-refractivity contribution in [3.8, 4) is 11.5 Å². The molecule has 1 aliphatic carbocycles. The van der Waals surface area contributed by atoms with Crippen molar-refractivity contribution in [3.63, 3.8) is 0 Å². The molecule has 1 fully saturated rings. The molecule has 6 heteroatoms. The Balaban J connectivity index is 1.94. The molecule has 1 aromatic rings. The van der Waals surface area contributed by atoms with Crippen LogP contribution in [0.15, 0.2) is 18.2 Å². The van der Waals surface area contributed by atoms with Gasteiger partial charge in [0.2, 0.25) is 0 Å². The Bertz CT molecular complexity index is 463. The van der Waals surface area contributed by atoms with Crippen LogP contribution < -0.4 is 20.5 Å². The van der Waals surface area contributed by atoms with Crippen LogP contribution in [0.4, 0.5) is 8.78 Å². The molecular weight excluding hydrogens is 290 g/mol. The average molecular weight is 314 g/mol. The van der Waals surface area contributed by atoms with Gasteiger partial charge in [-0.2, -0.15) is 8.78 Å². The van der Waals surface area contributed by atoms with E-state index in [1.165, 1.54) is 6.07 Å². The Morgan fingerprint density at radius 3 is 2.59 bits per heavy atom. The molecule has 1 saturated carbocycles. The number of nitrogens with one attached hydrogen (secondary N) is 1. The highest BCUT2D eigenvalue weighted by Gasteiger charge is 2.18. The lowest BCUT2D eigenvalue weighted by molar-refractivity contribution is -0.0514. The molecule has 0 radical (unpaired) electrons. The van der Waals surface area contributed by atoms with Gasteiger partial charge in [-0.3, -0.25) is 0 Å². The maximum absolute atomic E-state index is 12.4. The maximum Gasteiger partial charge on any atom is 0.387 e. The lowest BCUT2D eigenvalue weighted by Crippen LogP contribution is -2.37. The van der Waals surface area contributed by atoms with Gasteiger partial charge in [0.05, 0.1) is 6.61 Å². The van der Waals surface area contributed by atoms with Gasteiger partial charge in [-0.15, -0.1) is 0 Å². The topological polar surface area (TPSA) is 56.5 Å². The Morgan fingerprint density at radius 2 is 1.95 bits per heavy atom. The van der Waals surface area contributed by atoms with E-state index in [9.17, 15) is 8.78 Å². The summed E-state index contributed by atoms with van der Waals surface area (Å²) in [6, 6.07) is 5.86. The summed E-state index contributed by atoms with van der Waals surface area (Å²) in [6.45, 7) is 0.0310. The second kappa shape index (κ2) is 8.29. The van der Waals surface area contributed by atoms with Gasteiger partial charge in [0.25, 0.3) is 0 Å². The van der Waals surface area contributed by atoms with Crippen molar-refractivity contribution in [1.29, 1.82) is 0 Å². The Morgan fingerprint density at radius 1 is 1.23 bits per heavy atom. The molecule has 4 nitrogen and oxygen atoms in total. The summed E-state index contributed by atoms with van der Waals surface area (Å²) in [5.74, 6) is 0.428. The summed E-state index contributed by atoms with van der Waals surface area (Å²) < 4.78 is 34.6. The summed E-state index contributed by atoms with van der Waals surface area (Å²) in [7, 11) is 0. The van der Waals surface area contributed by atoms with E-state index >= 15 is 0 Å². The van der Waals surface area contributed by atoms with E-state index in [0.29, 0.717) is 31.0 Å². The highest BCUT2D eigenvalue weighted by atomic mass is 19.3. The number of hydrogen-bond donors (Lipinski definition) is 2. The number of rotatable bonds is 7. The predicted octanol–water partition coefficient (Wildman–Crippen LogP) is 3.05. The summed E-state index contributed by atoms with van der Waals surface area (Å²) in [5.41, 5.74) is 6.88. The molecule has 1 aromatic carbocycles. The van der Waals surface area contributed by atoms with Crippen LogP contribution >= 0.6 is 0 Å². The van der Waals surface area contributed by atoms with E-state index in [4.69, 9.17) is 10.5 Å². The van der Waals surface area contributed by atoms with Crippen molar-refractivity contribution in [2.24, 2.45) is 5.73 Å². The molecule has 3 N–H and O–H groups in total. The van der Waals surface area contributed by atoms with E-state index in [1.807, 2.05) is 6.92 Å². The molecule has 0 unspecified atom stereocenters. The molecule has 0 bridgehead atoms. The number of hydrogen-bond acceptors (Lipinski definition) is 4. The van der Waals surface area contributed by atoms with Crippen LogP contribution in [0.1, 0.15) is 38.2 Å². The summed E-state index contributed by atoms with van der Waals surface area (Å²) in [4.78, 5) is 0. The first-order valence-corrected chi connectivity index (χ1v) is 7.78. The maximum atomic E-state index is 12.4. The first-order chi connectivity index (χ1) is 10.6. The third-order valence-electron chi connectivity index (χ3n) is 3.89. The first kappa shape index (κ1) is 17.0. The van der Waals surface area contributed by atoms with Crippen molar-refractivity contribution in [2.45, 2.75) is 57.8 Å². The van der Waals surface area contributed by atoms with Crippen LogP contribution in [0, 0.1) is 0 Å². The quantitative estimate of drug-likeness (QED) is 0.812. The number of nitrogens with two attached hydrogens (primary N) is 1. The fourth-order valence-electron chi connectivity index (χ4n) is 2.71. The summed E-state index contributed by atoms with van der Waals surface area (Å²) in [6.07, 6.45) is 4.24. The van der Waals surface area contributed by atoms with Crippen LogP contribution in [-0.2, 0) is 6.54 Å². The minimum Gasteiger partial charge on any atom is -0.490 e. The standard InChI is InChI=1S/C16H24F2N2O2/c1-2-21-15-9-11(3-8-14(15)22-16(17)18)10-20-13-6-4-12(19)5-7-13/h3,8-9,12-13,16,20H,2,4-7,10,19H2,1H3. The monoisotopic (exact) mass is 314 g/mol. The third-order valence-corrected chi connectivity index (χ3v) is 3.89. The molecule has 0 aromatic heterocycles. The van der Waals surface area contributed by atoms with Gasteiger partial charge in [-0.25, -0.2) is 0 Å². The predicted molar refractivity (Wildman–Crippen MR) is 81.3 cm³/mol. The van der Waals surface area contributed by atoms with Gasteiger partial charge in [0.15, 0.2) is 11.5 Å². The van der Waals surface area contributed by atoms with Crippen LogP contribution in [0.25, 0.3) is 0 Å². The minimum atomic E-state index is -2.85. The zero-order chi connectivity index (χ0) is 15.9. The Hall–Kier alpha value is -1.40. The molecule has 2 rings (SSSR count). The number of alkyl halides is 2. The van der Waals surface area contributed by atoms with Crippen LogP contribution in [0.5, 0.6) is 11.5 Å². The SMILES string of the molecule is CCOc1cc(CNC2CCC(N)CC2)ccc1OC(F)F. The molecule has 1 aliphatic rings. The molecule has 0 saturated heterocycles. The first-order valence-electron chi connectivity index (χ1n) is 7.78. The molecule has 0 atom stereocenters. The van der Waals surface area contributed by atoms with Crippen LogP contribution in [0.3, 0.4) is 0 Å². The van der Waals surface area contributed by atoms with E-state index < -0.39 is 6.61 Å². The smallest absolute Gasteiger partial charge is 0.387 e. The molecule has 22 heavy (non-hydrogen) atoms. The van der Waals surface area contributed by atoms with Crippen molar-refractivity contribution in [1.82, 2.24) is 5.32 Å². The van der Waals surface area contributed by atoms with Gasteiger partial charge in [0.1, 0.15) is 0 Å². The molecule has 124 valence electrons. The minimum absolute atomic E-state index is 0.0734. The van der Waals surface area contributed by atoms with E-state index in [-0.39, 0.29) is 5.75 Å². The van der Waals surface area contributed by atoms with Crippen molar-refractivity contribution in [3.05, 3.63) is 23.8 Å². The fourth-order valence-corrected chi connectivity index (χ4v) is 2.71. The van der Waals surface area contributed by atoms with Crippen molar-refractivity contribution in [2.75, 3.05) is 6.61 Å². The zero-order valence-electron chi connectivity index (χ0n) is 12.9. The largest absolute Gasteiger partial charge is 0.490 e. The van der Waals surface area contributed by atoms with E-state index in [2.05, 4.69) is 10.1 Å². The number of halogens is 2. The van der Waals surface area contributed by atoms with Gasteiger partial charge in [-0.05, 0) is 50.3 Å². The molecule has 0 heterocycles. The average Bonchev–Trinajstić information content (AvgIpc) is 2.49. The Kier molecular flexibility index (Phi) is 6.39. The highest BCUT2D eigenvalue weighted by Crippen LogP contribution is 2.30. The zero-order valence-corrected chi connectivity index (χ0v) is 12.9. The summed E-state index contributed by atoms with van der Waals surface area (Å²) >= 11 is 0. The highest BCUT2D eigenvalue weighted by molar-refractivity contribution is 5.43. The normalized spacial score (nSPS) is 21.9. The Labute approximate surface area is 130 Å². The van der Waals surface area contributed by atoms with Gasteiger partial charge >= 0.3 is 6.61 Å². The molecule has 0 amide bonds. The molecule has 0 aliphatic heterocycles. The fraction of sp³-hybridized carbons (Fsp3) is 0.625. The second-order valence-corrected chi connectivity index (χ2v) is 5.59. The van der Waals surface area contributed by atoms with E-state index in [1.54, 1.807) is 12.1 Å². The number of ether oxygens (including phenoxy) is 2. The summed E-state index contributed by atoms with van der Waals surface area (Å²) in [5, 5.41) is 3.49. The van der Waals surface area contributed by atoms with Gasteiger partial charge < -0.3 is 20.5 Å².